The quantitative estimate of drug-likeness (QED) is 0.563. The van der Waals surface area contributed by atoms with Crippen LogP contribution in [-0.2, 0) is 9.47 Å². The monoisotopic (exact) mass is 524 g/mol. The molecule has 2 aromatic rings. The maximum Gasteiger partial charge on any atom is 0.413 e. The van der Waals surface area contributed by atoms with E-state index in [-0.39, 0.29) is 12.1 Å². The van der Waals surface area contributed by atoms with E-state index in [9.17, 15) is 9.59 Å². The van der Waals surface area contributed by atoms with E-state index in [1.165, 1.54) is 4.52 Å². The lowest BCUT2D eigenvalue weighted by molar-refractivity contribution is 0.0222. The van der Waals surface area contributed by atoms with Crippen LogP contribution in [0.25, 0.3) is 5.65 Å². The number of halogens is 1. The first-order valence-corrected chi connectivity index (χ1v) is 11.9. The normalized spacial score (nSPS) is 16.7. The Labute approximate surface area is 202 Å². The summed E-state index contributed by atoms with van der Waals surface area (Å²) < 4.78 is 13.1. The van der Waals surface area contributed by atoms with Gasteiger partial charge in [0.15, 0.2) is 5.65 Å². The van der Waals surface area contributed by atoms with Crippen molar-refractivity contribution >= 4 is 45.4 Å². The topological polar surface area (TPSA) is 110 Å². The van der Waals surface area contributed by atoms with Gasteiger partial charge < -0.3 is 19.7 Å². The molecule has 182 valence electrons. The van der Waals surface area contributed by atoms with Crippen LogP contribution in [0.4, 0.5) is 21.2 Å². The molecule has 0 aromatic carbocycles. The third-order valence-electron chi connectivity index (χ3n) is 4.85. The molecule has 0 saturated carbocycles. The molecule has 1 fully saturated rings. The van der Waals surface area contributed by atoms with E-state index in [4.69, 9.17) is 9.47 Å². The van der Waals surface area contributed by atoms with E-state index in [1.807, 2.05) is 25.7 Å². The van der Waals surface area contributed by atoms with Gasteiger partial charge in [0.2, 0.25) is 0 Å². The molecular formula is C22H33BrN6O4. The van der Waals surface area contributed by atoms with Crippen molar-refractivity contribution < 1.29 is 19.1 Å². The van der Waals surface area contributed by atoms with E-state index in [2.05, 4.69) is 36.6 Å². The molecule has 0 bridgehead atoms. The van der Waals surface area contributed by atoms with Crippen LogP contribution in [0.1, 0.15) is 60.8 Å². The number of nitrogens with zero attached hydrogens (tertiary/aromatic N) is 4. The zero-order chi connectivity index (χ0) is 24.4. The Hall–Kier alpha value is -2.56. The summed E-state index contributed by atoms with van der Waals surface area (Å²) in [5.41, 5.74) is -0.580. The predicted molar refractivity (Wildman–Crippen MR) is 130 cm³/mol. The molecule has 0 unspecified atom stereocenters. The molecule has 3 rings (SSSR count). The second-order valence-corrected chi connectivity index (χ2v) is 10.9. The number of ether oxygens (including phenoxy) is 2. The summed E-state index contributed by atoms with van der Waals surface area (Å²) in [5, 5.41) is 10.3. The minimum atomic E-state index is -0.622. The molecule has 3 heterocycles. The zero-order valence-electron chi connectivity index (χ0n) is 20.1. The molecule has 33 heavy (non-hydrogen) atoms. The minimum Gasteiger partial charge on any atom is -0.444 e. The first-order chi connectivity index (χ1) is 15.3. The average molecular weight is 525 g/mol. The van der Waals surface area contributed by atoms with Gasteiger partial charge in [-0.1, -0.05) is 0 Å². The maximum atomic E-state index is 12.5. The fraction of sp³-hybridized carbons (Fsp3) is 0.636. The van der Waals surface area contributed by atoms with Crippen LogP contribution in [0.5, 0.6) is 0 Å². The van der Waals surface area contributed by atoms with Crippen LogP contribution in [0, 0.1) is 0 Å². The largest absolute Gasteiger partial charge is 0.444 e. The number of likely N-dealkylation sites (tertiary alicyclic amines) is 1. The Balaban J connectivity index is 1.67. The number of anilines is 2. The lowest BCUT2D eigenvalue weighted by atomic mass is 10.1. The van der Waals surface area contributed by atoms with E-state index < -0.39 is 17.3 Å². The Kier molecular flexibility index (Phi) is 7.40. The van der Waals surface area contributed by atoms with Gasteiger partial charge in [0.05, 0.1) is 10.7 Å². The second kappa shape index (κ2) is 9.74. The highest BCUT2D eigenvalue weighted by Crippen LogP contribution is 2.25. The fourth-order valence-electron chi connectivity index (χ4n) is 3.59. The number of aromatic nitrogens is 3. The Morgan fingerprint density at radius 3 is 2.55 bits per heavy atom. The third kappa shape index (κ3) is 6.96. The summed E-state index contributed by atoms with van der Waals surface area (Å²) in [6.45, 7) is 12.3. The van der Waals surface area contributed by atoms with E-state index in [0.717, 1.165) is 19.3 Å². The van der Waals surface area contributed by atoms with Crippen LogP contribution in [0.3, 0.4) is 0 Å². The van der Waals surface area contributed by atoms with Crippen molar-refractivity contribution in [1.82, 2.24) is 19.5 Å². The van der Waals surface area contributed by atoms with Gasteiger partial charge in [-0.05, 0) is 76.7 Å². The lowest BCUT2D eigenvalue weighted by Crippen LogP contribution is -2.40. The van der Waals surface area contributed by atoms with Crippen molar-refractivity contribution in [3.8, 4) is 0 Å². The molecule has 2 aromatic heterocycles. The second-order valence-electron chi connectivity index (χ2n) is 10.1. The maximum absolute atomic E-state index is 12.5. The van der Waals surface area contributed by atoms with Crippen LogP contribution in [0.2, 0.25) is 0 Å². The molecule has 1 atom stereocenters. The number of amides is 2. The Bertz CT molecular complexity index is 1010. The van der Waals surface area contributed by atoms with Gasteiger partial charge in [0.25, 0.3) is 0 Å². The average Bonchev–Trinajstić information content (AvgIpc) is 3.26. The van der Waals surface area contributed by atoms with Crippen molar-refractivity contribution in [2.24, 2.45) is 0 Å². The van der Waals surface area contributed by atoms with Crippen LogP contribution < -0.4 is 10.6 Å². The van der Waals surface area contributed by atoms with Gasteiger partial charge in [0, 0.05) is 25.2 Å². The van der Waals surface area contributed by atoms with E-state index in [0.29, 0.717) is 34.8 Å². The highest BCUT2D eigenvalue weighted by molar-refractivity contribution is 9.10. The number of rotatable bonds is 5. The van der Waals surface area contributed by atoms with Gasteiger partial charge in [-0.15, -0.1) is 0 Å². The van der Waals surface area contributed by atoms with Crippen molar-refractivity contribution in [3.63, 3.8) is 0 Å². The molecule has 10 nitrogen and oxygen atoms in total. The summed E-state index contributed by atoms with van der Waals surface area (Å²) >= 11 is 3.44. The molecule has 1 saturated heterocycles. The summed E-state index contributed by atoms with van der Waals surface area (Å²) in [4.78, 5) is 31.2. The van der Waals surface area contributed by atoms with Gasteiger partial charge >= 0.3 is 12.2 Å². The first-order valence-electron chi connectivity index (χ1n) is 11.1. The summed E-state index contributed by atoms with van der Waals surface area (Å²) in [6, 6.07) is 1.81. The number of fused-ring (bicyclic) bond motifs is 1. The van der Waals surface area contributed by atoms with Crippen molar-refractivity contribution in [1.29, 1.82) is 0 Å². The number of hydrogen-bond donors (Lipinski definition) is 2. The predicted octanol–water partition coefficient (Wildman–Crippen LogP) is 5.04. The molecule has 1 aliphatic rings. The summed E-state index contributed by atoms with van der Waals surface area (Å²) in [7, 11) is 0. The van der Waals surface area contributed by atoms with Gasteiger partial charge in [-0.25, -0.2) is 14.6 Å². The molecular weight excluding hydrogens is 492 g/mol. The first kappa shape index (κ1) is 25.1. The van der Waals surface area contributed by atoms with Crippen LogP contribution in [0.15, 0.2) is 16.7 Å². The Morgan fingerprint density at radius 1 is 1.18 bits per heavy atom. The van der Waals surface area contributed by atoms with Crippen molar-refractivity contribution in [2.75, 3.05) is 23.7 Å². The third-order valence-corrected chi connectivity index (χ3v) is 5.41. The molecule has 1 aliphatic heterocycles. The highest BCUT2D eigenvalue weighted by Gasteiger charge is 2.31. The molecule has 2 amide bonds. The van der Waals surface area contributed by atoms with Crippen molar-refractivity contribution in [2.45, 2.75) is 78.0 Å². The van der Waals surface area contributed by atoms with E-state index >= 15 is 0 Å². The number of carbonyl (C=O) groups is 2. The number of nitrogens with one attached hydrogen (secondary N) is 2. The van der Waals surface area contributed by atoms with Gasteiger partial charge in [-0.3, -0.25) is 5.32 Å². The zero-order valence-corrected chi connectivity index (χ0v) is 21.7. The van der Waals surface area contributed by atoms with Crippen LogP contribution >= 0.6 is 15.9 Å². The Morgan fingerprint density at radius 2 is 1.88 bits per heavy atom. The van der Waals surface area contributed by atoms with Crippen molar-refractivity contribution in [3.05, 3.63) is 16.7 Å². The molecule has 11 heteroatoms. The van der Waals surface area contributed by atoms with E-state index in [1.54, 1.807) is 33.0 Å². The highest BCUT2D eigenvalue weighted by atomic mass is 79.9. The standard InChI is InChI=1S/C22H33BrN6O4/c1-21(2,3)32-19(30)27-17-12-16(26-18-15(23)13-25-29(17)18)24-10-9-14-8-7-11-28(14)20(31)33-22(4,5)6/h12-14H,7-11H2,1-6H3,(H,24,26)(H,27,30)/t14-/m0/s1. The molecule has 2 N–H and O–H groups in total. The minimum absolute atomic E-state index is 0.108. The van der Waals surface area contributed by atoms with Crippen LogP contribution in [-0.4, -0.2) is 62.0 Å². The summed E-state index contributed by atoms with van der Waals surface area (Å²) in [5.74, 6) is 1.01. The number of carbonyl (C=O) groups excluding carboxylic acids is 2. The number of hydrogen-bond acceptors (Lipinski definition) is 7. The smallest absolute Gasteiger partial charge is 0.413 e. The fourth-order valence-corrected chi connectivity index (χ4v) is 3.94. The lowest BCUT2D eigenvalue weighted by Gasteiger charge is -2.28. The van der Waals surface area contributed by atoms with Gasteiger partial charge in [-0.2, -0.15) is 9.61 Å². The SMILES string of the molecule is CC(C)(C)OC(=O)Nc1cc(NCC[C@@H]2CCCN2C(=O)OC(C)(C)C)nc2c(Br)cnn12. The van der Waals surface area contributed by atoms with Gasteiger partial charge in [0.1, 0.15) is 22.8 Å². The molecule has 0 radical (unpaired) electrons. The summed E-state index contributed by atoms with van der Waals surface area (Å²) in [6.07, 6.45) is 3.42. The molecule has 0 aliphatic carbocycles. The molecule has 0 spiro atoms.